The minimum absolute atomic E-state index is 0.0728. The lowest BCUT2D eigenvalue weighted by molar-refractivity contribution is -0.127. The molecule has 1 unspecified atom stereocenters. The topological polar surface area (TPSA) is 47.9 Å². The summed E-state index contributed by atoms with van der Waals surface area (Å²) in [6.45, 7) is 2.47. The van der Waals surface area contributed by atoms with Crippen molar-refractivity contribution in [2.45, 2.75) is 51.0 Å². The predicted octanol–water partition coefficient (Wildman–Crippen LogP) is 1.69. The molecule has 1 amide bonds. The number of hydrogen-bond acceptors (Lipinski definition) is 2. The molecule has 2 aliphatic carbocycles. The molecule has 1 atom stereocenters. The first-order valence-electron chi connectivity index (χ1n) is 8.89. The average Bonchev–Trinajstić information content (AvgIpc) is 3.02. The third-order valence-electron chi connectivity index (χ3n) is 5.36. The van der Waals surface area contributed by atoms with Crippen LogP contribution in [0.25, 0.3) is 0 Å². The van der Waals surface area contributed by atoms with Crippen LogP contribution in [-0.2, 0) is 4.79 Å². The lowest BCUT2D eigenvalue weighted by atomic mass is 10.0. The SMILES string of the molecule is CN(C)C(=O)CN=C(NC1CCCC1)N1CCC(C2CC2)C1. The summed E-state index contributed by atoms with van der Waals surface area (Å²) >= 11 is 0. The van der Waals surface area contributed by atoms with Crippen molar-refractivity contribution in [1.82, 2.24) is 15.1 Å². The first-order valence-corrected chi connectivity index (χ1v) is 8.89. The summed E-state index contributed by atoms with van der Waals surface area (Å²) in [7, 11) is 3.59. The fraction of sp³-hybridized carbons (Fsp3) is 0.882. The van der Waals surface area contributed by atoms with Crippen LogP contribution in [0.2, 0.25) is 0 Å². The zero-order valence-electron chi connectivity index (χ0n) is 14.1. The van der Waals surface area contributed by atoms with Gasteiger partial charge in [-0.3, -0.25) is 4.79 Å². The highest BCUT2D eigenvalue weighted by Crippen LogP contribution is 2.41. The Morgan fingerprint density at radius 2 is 1.86 bits per heavy atom. The van der Waals surface area contributed by atoms with Crippen LogP contribution < -0.4 is 5.32 Å². The predicted molar refractivity (Wildman–Crippen MR) is 88.8 cm³/mol. The Morgan fingerprint density at radius 1 is 1.14 bits per heavy atom. The summed E-state index contributed by atoms with van der Waals surface area (Å²) in [6.07, 6.45) is 9.22. The van der Waals surface area contributed by atoms with E-state index >= 15 is 0 Å². The molecule has 0 bridgehead atoms. The van der Waals surface area contributed by atoms with Gasteiger partial charge >= 0.3 is 0 Å². The van der Waals surface area contributed by atoms with E-state index in [0.717, 1.165) is 30.9 Å². The van der Waals surface area contributed by atoms with E-state index in [0.29, 0.717) is 6.04 Å². The molecule has 5 heteroatoms. The maximum atomic E-state index is 11.9. The van der Waals surface area contributed by atoms with Crippen molar-refractivity contribution in [2.24, 2.45) is 16.8 Å². The van der Waals surface area contributed by atoms with E-state index in [2.05, 4.69) is 15.2 Å². The van der Waals surface area contributed by atoms with Crippen molar-refractivity contribution in [3.8, 4) is 0 Å². The Labute approximate surface area is 134 Å². The molecule has 1 N–H and O–H groups in total. The number of aliphatic imine (C=N–C) groups is 1. The maximum absolute atomic E-state index is 11.9. The van der Waals surface area contributed by atoms with Crippen molar-refractivity contribution < 1.29 is 4.79 Å². The number of hydrogen-bond donors (Lipinski definition) is 1. The molecule has 0 radical (unpaired) electrons. The second-order valence-electron chi connectivity index (χ2n) is 7.39. The van der Waals surface area contributed by atoms with Crippen molar-refractivity contribution in [3.63, 3.8) is 0 Å². The van der Waals surface area contributed by atoms with Crippen LogP contribution in [0.1, 0.15) is 44.9 Å². The number of rotatable bonds is 4. The third-order valence-corrected chi connectivity index (χ3v) is 5.36. The minimum Gasteiger partial charge on any atom is -0.353 e. The fourth-order valence-corrected chi connectivity index (χ4v) is 3.71. The highest BCUT2D eigenvalue weighted by atomic mass is 16.2. The van der Waals surface area contributed by atoms with Gasteiger partial charge in [-0.25, -0.2) is 4.99 Å². The van der Waals surface area contributed by atoms with Gasteiger partial charge in [0.1, 0.15) is 6.54 Å². The molecule has 1 aliphatic heterocycles. The molecule has 0 spiro atoms. The standard InChI is InChI=1S/C17H30N4O/c1-20(2)16(22)11-18-17(19-15-5-3-4-6-15)21-10-9-14(12-21)13-7-8-13/h13-15H,3-12H2,1-2H3,(H,18,19). The highest BCUT2D eigenvalue weighted by Gasteiger charge is 2.37. The van der Waals surface area contributed by atoms with Gasteiger partial charge in [0.15, 0.2) is 5.96 Å². The molecule has 2 saturated carbocycles. The van der Waals surface area contributed by atoms with Crippen LogP contribution in [-0.4, -0.2) is 61.4 Å². The van der Waals surface area contributed by atoms with Gasteiger partial charge in [-0.05, 0) is 43.9 Å². The van der Waals surface area contributed by atoms with Crippen molar-refractivity contribution in [1.29, 1.82) is 0 Å². The molecule has 0 aromatic carbocycles. The summed E-state index contributed by atoms with van der Waals surface area (Å²) in [5, 5.41) is 3.64. The Bertz CT molecular complexity index is 424. The fourth-order valence-electron chi connectivity index (χ4n) is 3.71. The van der Waals surface area contributed by atoms with Crippen molar-refractivity contribution in [3.05, 3.63) is 0 Å². The van der Waals surface area contributed by atoms with Crippen molar-refractivity contribution >= 4 is 11.9 Å². The number of nitrogens with zero attached hydrogens (tertiary/aromatic N) is 3. The second kappa shape index (κ2) is 6.88. The van der Waals surface area contributed by atoms with E-state index in [4.69, 9.17) is 0 Å². The molecule has 124 valence electrons. The molecule has 22 heavy (non-hydrogen) atoms. The van der Waals surface area contributed by atoms with E-state index in [1.807, 2.05) is 0 Å². The van der Waals surface area contributed by atoms with Gasteiger partial charge in [0.2, 0.25) is 5.91 Å². The maximum Gasteiger partial charge on any atom is 0.243 e. The molecule has 5 nitrogen and oxygen atoms in total. The Morgan fingerprint density at radius 3 is 2.50 bits per heavy atom. The monoisotopic (exact) mass is 306 g/mol. The molecule has 3 aliphatic rings. The van der Waals surface area contributed by atoms with Gasteiger partial charge in [-0.1, -0.05) is 12.8 Å². The molecule has 3 rings (SSSR count). The van der Waals surface area contributed by atoms with E-state index < -0.39 is 0 Å². The van der Waals surface area contributed by atoms with Crippen LogP contribution >= 0.6 is 0 Å². The number of carbonyl (C=O) groups is 1. The summed E-state index contributed by atoms with van der Waals surface area (Å²) in [6, 6.07) is 0.549. The smallest absolute Gasteiger partial charge is 0.243 e. The van der Waals surface area contributed by atoms with Crippen LogP contribution in [0.4, 0.5) is 0 Å². The van der Waals surface area contributed by atoms with E-state index in [-0.39, 0.29) is 12.5 Å². The second-order valence-corrected chi connectivity index (χ2v) is 7.39. The van der Waals surface area contributed by atoms with Gasteiger partial charge in [0, 0.05) is 33.2 Å². The van der Waals surface area contributed by atoms with Crippen LogP contribution in [0.3, 0.4) is 0 Å². The van der Waals surface area contributed by atoms with E-state index in [9.17, 15) is 4.79 Å². The summed E-state index contributed by atoms with van der Waals surface area (Å²) in [4.78, 5) is 20.5. The number of carbonyl (C=O) groups excluding carboxylic acids is 1. The number of nitrogens with one attached hydrogen (secondary N) is 1. The first-order chi connectivity index (χ1) is 10.6. The summed E-state index contributed by atoms with van der Waals surface area (Å²) in [5.74, 6) is 2.86. The Balaban J connectivity index is 1.62. The molecule has 3 fully saturated rings. The van der Waals surface area contributed by atoms with Crippen LogP contribution in [0.5, 0.6) is 0 Å². The van der Waals surface area contributed by atoms with Gasteiger partial charge in [-0.2, -0.15) is 0 Å². The van der Waals surface area contributed by atoms with E-state index in [1.54, 1.807) is 19.0 Å². The lowest BCUT2D eigenvalue weighted by Crippen LogP contribution is -2.45. The minimum atomic E-state index is 0.0728. The quantitative estimate of drug-likeness (QED) is 0.635. The summed E-state index contributed by atoms with van der Waals surface area (Å²) in [5.41, 5.74) is 0. The molecule has 0 aromatic heterocycles. The zero-order valence-corrected chi connectivity index (χ0v) is 14.1. The van der Waals surface area contributed by atoms with Crippen molar-refractivity contribution in [2.75, 3.05) is 33.7 Å². The number of amides is 1. The third kappa shape index (κ3) is 3.93. The molecular formula is C17H30N4O. The number of likely N-dealkylation sites (N-methyl/N-ethyl adjacent to an activating group) is 1. The van der Waals surface area contributed by atoms with Crippen LogP contribution in [0.15, 0.2) is 4.99 Å². The first kappa shape index (κ1) is 15.6. The number of likely N-dealkylation sites (tertiary alicyclic amines) is 1. The number of guanidine groups is 1. The lowest BCUT2D eigenvalue weighted by Gasteiger charge is -2.25. The van der Waals surface area contributed by atoms with Gasteiger partial charge in [0.25, 0.3) is 0 Å². The van der Waals surface area contributed by atoms with Crippen LogP contribution in [0, 0.1) is 11.8 Å². The molecule has 1 saturated heterocycles. The van der Waals surface area contributed by atoms with Gasteiger partial charge < -0.3 is 15.1 Å². The largest absolute Gasteiger partial charge is 0.353 e. The molecule has 1 heterocycles. The average molecular weight is 306 g/mol. The van der Waals surface area contributed by atoms with Gasteiger partial charge in [0.05, 0.1) is 0 Å². The molecule has 0 aromatic rings. The normalized spacial score (nSPS) is 26.5. The summed E-state index contributed by atoms with van der Waals surface area (Å²) < 4.78 is 0. The van der Waals surface area contributed by atoms with Gasteiger partial charge in [-0.15, -0.1) is 0 Å². The van der Waals surface area contributed by atoms with E-state index in [1.165, 1.54) is 44.9 Å². The highest BCUT2D eigenvalue weighted by molar-refractivity contribution is 5.85. The Kier molecular flexibility index (Phi) is 4.89. The zero-order chi connectivity index (χ0) is 15.5. The Hall–Kier alpha value is -1.26. The molecular weight excluding hydrogens is 276 g/mol.